The number of nitrogens with zero attached hydrogens (tertiary/aromatic N) is 2. The van der Waals surface area contributed by atoms with Gasteiger partial charge in [-0.2, -0.15) is 0 Å². The molecule has 1 aromatic rings. The van der Waals surface area contributed by atoms with Crippen molar-refractivity contribution in [2.45, 2.75) is 0 Å². The third-order valence-electron chi connectivity index (χ3n) is 0.851. The first-order valence-corrected chi connectivity index (χ1v) is 2.33. The van der Waals surface area contributed by atoms with Gasteiger partial charge in [0.25, 0.3) is 0 Å². The van der Waals surface area contributed by atoms with Crippen molar-refractivity contribution in [3.8, 4) is 0 Å². The van der Waals surface area contributed by atoms with Crippen LogP contribution < -0.4 is 4.85 Å². The Morgan fingerprint density at radius 1 is 1.78 bits per heavy atom. The first kappa shape index (κ1) is 5.68. The van der Waals surface area contributed by atoms with E-state index in [2.05, 4.69) is 5.10 Å². The van der Waals surface area contributed by atoms with Gasteiger partial charge < -0.3 is 5.21 Å². The Bertz CT molecular complexity index is 207. The van der Waals surface area contributed by atoms with Crippen molar-refractivity contribution in [1.29, 1.82) is 0 Å². The SMILES string of the molecule is O=Cc1cc[n+]([O-])nc1. The van der Waals surface area contributed by atoms with Crippen molar-refractivity contribution in [1.82, 2.24) is 5.10 Å². The largest absolute Gasteiger partial charge is 0.594 e. The van der Waals surface area contributed by atoms with Gasteiger partial charge in [0.05, 0.1) is 0 Å². The zero-order valence-electron chi connectivity index (χ0n) is 4.52. The first-order chi connectivity index (χ1) is 4.33. The topological polar surface area (TPSA) is 56.9 Å². The van der Waals surface area contributed by atoms with Crippen LogP contribution in [0.4, 0.5) is 0 Å². The lowest BCUT2D eigenvalue weighted by Gasteiger charge is -1.88. The molecule has 1 aromatic heterocycles. The van der Waals surface area contributed by atoms with Gasteiger partial charge in [-0.3, -0.25) is 4.79 Å². The summed E-state index contributed by atoms with van der Waals surface area (Å²) in [5.74, 6) is 0. The molecule has 0 unspecified atom stereocenters. The minimum absolute atomic E-state index is 0.382. The van der Waals surface area contributed by atoms with Crippen molar-refractivity contribution in [2.75, 3.05) is 0 Å². The fourth-order valence-corrected chi connectivity index (χ4v) is 0.425. The van der Waals surface area contributed by atoms with Gasteiger partial charge in [0.15, 0.2) is 6.29 Å². The summed E-state index contributed by atoms with van der Waals surface area (Å²) in [6.45, 7) is 0. The molecular weight excluding hydrogens is 120 g/mol. The molecule has 0 fully saturated rings. The maximum atomic E-state index is 10.2. The van der Waals surface area contributed by atoms with Crippen LogP contribution in [0.3, 0.4) is 0 Å². The number of hydrogen-bond donors (Lipinski definition) is 0. The Balaban J connectivity index is 3.01. The first-order valence-electron chi connectivity index (χ1n) is 2.33. The fraction of sp³-hybridized carbons (Fsp3) is 0. The van der Waals surface area contributed by atoms with Gasteiger partial charge in [0, 0.05) is 16.7 Å². The van der Waals surface area contributed by atoms with E-state index in [0.29, 0.717) is 16.7 Å². The lowest BCUT2D eigenvalue weighted by Crippen LogP contribution is -2.29. The average Bonchev–Trinajstić information content (AvgIpc) is 1.90. The second-order valence-electron chi connectivity index (χ2n) is 1.48. The predicted molar refractivity (Wildman–Crippen MR) is 28.6 cm³/mol. The Morgan fingerprint density at radius 2 is 2.56 bits per heavy atom. The normalized spacial score (nSPS) is 8.89. The minimum Gasteiger partial charge on any atom is -0.594 e. The van der Waals surface area contributed by atoms with E-state index >= 15 is 0 Å². The van der Waals surface area contributed by atoms with Crippen molar-refractivity contribution in [3.05, 3.63) is 29.2 Å². The molecule has 0 atom stereocenters. The molecule has 0 bridgehead atoms. The van der Waals surface area contributed by atoms with E-state index in [1.54, 1.807) is 0 Å². The molecule has 1 rings (SSSR count). The Hall–Kier alpha value is -1.45. The Kier molecular flexibility index (Phi) is 1.40. The summed E-state index contributed by atoms with van der Waals surface area (Å²) in [6, 6.07) is 1.40. The maximum absolute atomic E-state index is 10.2. The van der Waals surface area contributed by atoms with E-state index in [-0.39, 0.29) is 0 Å². The highest BCUT2D eigenvalue weighted by Gasteiger charge is 1.90. The van der Waals surface area contributed by atoms with Crippen LogP contribution in [0.25, 0.3) is 0 Å². The highest BCUT2D eigenvalue weighted by atomic mass is 16.5. The molecule has 0 aromatic carbocycles. The summed E-state index contributed by atoms with van der Waals surface area (Å²) in [7, 11) is 0. The van der Waals surface area contributed by atoms with Gasteiger partial charge in [-0.1, -0.05) is 4.85 Å². The number of carbonyl (C=O) groups is 1. The molecule has 0 spiro atoms. The van der Waals surface area contributed by atoms with E-state index in [9.17, 15) is 10.0 Å². The molecule has 4 nitrogen and oxygen atoms in total. The lowest BCUT2D eigenvalue weighted by atomic mass is 10.4. The third kappa shape index (κ3) is 1.22. The average molecular weight is 124 g/mol. The number of rotatable bonds is 1. The van der Waals surface area contributed by atoms with Crippen LogP contribution in [0.15, 0.2) is 18.5 Å². The van der Waals surface area contributed by atoms with Gasteiger partial charge >= 0.3 is 0 Å². The number of aldehydes is 1. The molecule has 0 aliphatic rings. The molecule has 46 valence electrons. The van der Waals surface area contributed by atoms with Gasteiger partial charge in [0.1, 0.15) is 6.20 Å². The molecular formula is C5H4N2O2. The molecule has 0 amide bonds. The van der Waals surface area contributed by atoms with Crippen molar-refractivity contribution < 1.29 is 9.64 Å². The van der Waals surface area contributed by atoms with Gasteiger partial charge in [-0.25, -0.2) is 0 Å². The van der Waals surface area contributed by atoms with Crippen molar-refractivity contribution >= 4 is 6.29 Å². The van der Waals surface area contributed by atoms with E-state index < -0.39 is 0 Å². The zero-order chi connectivity index (χ0) is 6.69. The summed E-state index contributed by atoms with van der Waals surface area (Å²) in [6.07, 6.45) is 3.01. The second-order valence-corrected chi connectivity index (χ2v) is 1.48. The fourth-order valence-electron chi connectivity index (χ4n) is 0.425. The highest BCUT2D eigenvalue weighted by Crippen LogP contribution is 1.83. The summed E-state index contributed by atoms with van der Waals surface area (Å²) < 4.78 is 0. The van der Waals surface area contributed by atoms with Gasteiger partial charge in [-0.15, -0.1) is 0 Å². The molecule has 0 saturated carbocycles. The van der Waals surface area contributed by atoms with Crippen LogP contribution in [-0.4, -0.2) is 11.4 Å². The van der Waals surface area contributed by atoms with E-state index in [1.807, 2.05) is 0 Å². The lowest BCUT2D eigenvalue weighted by molar-refractivity contribution is -0.669. The summed E-state index contributed by atoms with van der Waals surface area (Å²) in [5, 5.41) is 13.5. The van der Waals surface area contributed by atoms with Crippen LogP contribution in [0.1, 0.15) is 10.4 Å². The molecule has 0 radical (unpaired) electrons. The highest BCUT2D eigenvalue weighted by molar-refractivity contribution is 5.73. The van der Waals surface area contributed by atoms with E-state index in [0.717, 1.165) is 0 Å². The standard InChI is InChI=1S/C5H4N2O2/c8-4-5-1-2-7(9)6-3-5/h1-4H. The van der Waals surface area contributed by atoms with Crippen LogP contribution in [0, 0.1) is 5.21 Å². The number of hydrogen-bond acceptors (Lipinski definition) is 3. The van der Waals surface area contributed by atoms with Gasteiger partial charge in [-0.05, 0) is 0 Å². The maximum Gasteiger partial charge on any atom is 0.210 e. The second kappa shape index (κ2) is 2.21. The quantitative estimate of drug-likeness (QED) is 0.289. The summed E-state index contributed by atoms with van der Waals surface area (Å²) in [4.78, 5) is 10.3. The Morgan fingerprint density at radius 3 is 3.00 bits per heavy atom. The Labute approximate surface area is 51.3 Å². The van der Waals surface area contributed by atoms with Crippen LogP contribution >= 0.6 is 0 Å². The summed E-state index contributed by atoms with van der Waals surface area (Å²) in [5.41, 5.74) is 0.405. The van der Waals surface area contributed by atoms with Crippen LogP contribution in [0.5, 0.6) is 0 Å². The molecule has 0 aliphatic carbocycles. The molecule has 4 heteroatoms. The monoisotopic (exact) mass is 124 g/mol. The number of aromatic nitrogens is 2. The van der Waals surface area contributed by atoms with Crippen LogP contribution in [0.2, 0.25) is 0 Å². The molecule has 9 heavy (non-hydrogen) atoms. The zero-order valence-corrected chi connectivity index (χ0v) is 4.52. The van der Waals surface area contributed by atoms with E-state index in [1.165, 1.54) is 18.5 Å². The minimum atomic E-state index is 0.382. The predicted octanol–water partition coefficient (Wildman–Crippen LogP) is -0.473. The van der Waals surface area contributed by atoms with Crippen LogP contribution in [-0.2, 0) is 0 Å². The molecule has 1 heterocycles. The molecule has 0 N–H and O–H groups in total. The van der Waals surface area contributed by atoms with Crippen molar-refractivity contribution in [3.63, 3.8) is 0 Å². The molecule has 0 aliphatic heterocycles. The van der Waals surface area contributed by atoms with Gasteiger partial charge in [0.2, 0.25) is 6.20 Å². The summed E-state index contributed by atoms with van der Waals surface area (Å²) >= 11 is 0. The number of carbonyl (C=O) groups excluding carboxylic acids is 1. The van der Waals surface area contributed by atoms with E-state index in [4.69, 9.17) is 0 Å². The third-order valence-corrected chi connectivity index (χ3v) is 0.851. The molecule has 0 saturated heterocycles. The smallest absolute Gasteiger partial charge is 0.210 e. The van der Waals surface area contributed by atoms with Crippen molar-refractivity contribution in [2.24, 2.45) is 0 Å².